The van der Waals surface area contributed by atoms with E-state index in [1.54, 1.807) is 7.11 Å². The molecule has 4 heteroatoms. The summed E-state index contributed by atoms with van der Waals surface area (Å²) in [5.74, 6) is 0.766. The van der Waals surface area contributed by atoms with E-state index < -0.39 is 11.7 Å². The van der Waals surface area contributed by atoms with Crippen LogP contribution in [0.1, 0.15) is 16.7 Å². The average Bonchev–Trinajstić information content (AvgIpc) is 2.38. The summed E-state index contributed by atoms with van der Waals surface area (Å²) in [7, 11) is 1.59. The number of rotatable bonds is 2. The predicted octanol–water partition coefficient (Wildman–Crippen LogP) is 5.00. The Bertz CT molecular complexity index is 613. The van der Waals surface area contributed by atoms with Crippen LogP contribution in [0.3, 0.4) is 0 Å². The lowest BCUT2D eigenvalue weighted by molar-refractivity contribution is -0.137. The summed E-state index contributed by atoms with van der Waals surface area (Å²) in [5, 5.41) is 0. The van der Waals surface area contributed by atoms with Crippen molar-refractivity contribution in [3.8, 4) is 16.9 Å². The highest BCUT2D eigenvalue weighted by Crippen LogP contribution is 2.35. The zero-order valence-corrected chi connectivity index (χ0v) is 11.5. The molecular weight excluding hydrogens is 265 g/mol. The molecule has 106 valence electrons. The van der Waals surface area contributed by atoms with Crippen LogP contribution < -0.4 is 4.74 Å². The van der Waals surface area contributed by atoms with Crippen LogP contribution in [-0.4, -0.2) is 7.11 Å². The molecule has 0 saturated carbocycles. The third-order valence-corrected chi connectivity index (χ3v) is 3.33. The van der Waals surface area contributed by atoms with E-state index in [2.05, 4.69) is 0 Å². The van der Waals surface area contributed by atoms with Gasteiger partial charge in [-0.3, -0.25) is 0 Å². The number of alkyl halides is 3. The lowest BCUT2D eigenvalue weighted by atomic mass is 9.97. The van der Waals surface area contributed by atoms with Gasteiger partial charge in [0, 0.05) is 0 Å². The summed E-state index contributed by atoms with van der Waals surface area (Å²) in [6.07, 6.45) is -4.31. The average molecular weight is 280 g/mol. The fraction of sp³-hybridized carbons (Fsp3) is 0.250. The Morgan fingerprint density at radius 3 is 2.00 bits per heavy atom. The van der Waals surface area contributed by atoms with Crippen LogP contribution in [0, 0.1) is 13.8 Å². The Hall–Kier alpha value is -1.97. The van der Waals surface area contributed by atoms with Gasteiger partial charge < -0.3 is 4.74 Å². The molecule has 0 saturated heterocycles. The molecule has 2 rings (SSSR count). The number of ether oxygens (including phenoxy) is 1. The largest absolute Gasteiger partial charge is 0.496 e. The quantitative estimate of drug-likeness (QED) is 0.752. The highest BCUT2D eigenvalue weighted by Gasteiger charge is 2.30. The summed E-state index contributed by atoms with van der Waals surface area (Å²) in [4.78, 5) is 0. The minimum atomic E-state index is -4.31. The first-order valence-electron chi connectivity index (χ1n) is 6.16. The van der Waals surface area contributed by atoms with Crippen LogP contribution in [0.4, 0.5) is 13.2 Å². The first-order chi connectivity index (χ1) is 9.34. The van der Waals surface area contributed by atoms with Gasteiger partial charge in [0.15, 0.2) is 0 Å². The van der Waals surface area contributed by atoms with E-state index in [1.165, 1.54) is 12.1 Å². The second-order valence-electron chi connectivity index (χ2n) is 4.66. The van der Waals surface area contributed by atoms with Gasteiger partial charge in [-0.25, -0.2) is 0 Å². The molecule has 2 aromatic carbocycles. The van der Waals surface area contributed by atoms with Gasteiger partial charge in [0.2, 0.25) is 0 Å². The Balaban J connectivity index is 2.47. The first-order valence-corrected chi connectivity index (χ1v) is 6.16. The van der Waals surface area contributed by atoms with Crippen molar-refractivity contribution in [1.82, 2.24) is 0 Å². The molecule has 0 aromatic heterocycles. The summed E-state index contributed by atoms with van der Waals surface area (Å²) >= 11 is 0. The molecular formula is C16H15F3O. The van der Waals surface area contributed by atoms with E-state index in [0.29, 0.717) is 0 Å². The van der Waals surface area contributed by atoms with Crippen molar-refractivity contribution >= 4 is 0 Å². The standard InChI is InChI=1S/C16H15F3O/c1-10-4-9-14(11(2)15(10)20-3)12-5-7-13(8-6-12)16(17,18)19/h4-9H,1-3H3. The normalized spacial score (nSPS) is 11.5. The van der Waals surface area contributed by atoms with Gasteiger partial charge >= 0.3 is 6.18 Å². The lowest BCUT2D eigenvalue weighted by Gasteiger charge is -2.14. The van der Waals surface area contributed by atoms with E-state index in [4.69, 9.17) is 4.74 Å². The zero-order valence-electron chi connectivity index (χ0n) is 11.5. The summed E-state index contributed by atoms with van der Waals surface area (Å²) < 4.78 is 43.0. The molecule has 0 fully saturated rings. The minimum Gasteiger partial charge on any atom is -0.496 e. The minimum absolute atomic E-state index is 0.641. The molecule has 0 atom stereocenters. The Kier molecular flexibility index (Phi) is 3.75. The van der Waals surface area contributed by atoms with E-state index in [0.717, 1.165) is 40.1 Å². The maximum Gasteiger partial charge on any atom is 0.416 e. The third kappa shape index (κ3) is 2.64. The molecule has 0 aliphatic heterocycles. The highest BCUT2D eigenvalue weighted by atomic mass is 19.4. The number of halogens is 3. The SMILES string of the molecule is COc1c(C)ccc(-c2ccc(C(F)(F)F)cc2)c1C. The second kappa shape index (κ2) is 5.19. The molecule has 0 aliphatic rings. The molecule has 0 radical (unpaired) electrons. The van der Waals surface area contributed by atoms with Gasteiger partial charge in [-0.05, 0) is 48.2 Å². The van der Waals surface area contributed by atoms with Gasteiger partial charge in [0.1, 0.15) is 5.75 Å². The van der Waals surface area contributed by atoms with Crippen LogP contribution >= 0.6 is 0 Å². The highest BCUT2D eigenvalue weighted by molar-refractivity contribution is 5.71. The van der Waals surface area contributed by atoms with Crippen LogP contribution in [0.15, 0.2) is 36.4 Å². The Morgan fingerprint density at radius 1 is 0.900 bits per heavy atom. The molecule has 0 spiro atoms. The number of aryl methyl sites for hydroxylation is 1. The van der Waals surface area contributed by atoms with Crippen molar-refractivity contribution in [2.45, 2.75) is 20.0 Å². The van der Waals surface area contributed by atoms with Gasteiger partial charge in [0.25, 0.3) is 0 Å². The van der Waals surface area contributed by atoms with Crippen LogP contribution in [0.25, 0.3) is 11.1 Å². The number of benzene rings is 2. The molecule has 1 nitrogen and oxygen atoms in total. The van der Waals surface area contributed by atoms with Crippen LogP contribution in [0.5, 0.6) is 5.75 Å². The van der Waals surface area contributed by atoms with Crippen molar-refractivity contribution in [3.63, 3.8) is 0 Å². The van der Waals surface area contributed by atoms with Gasteiger partial charge in [-0.1, -0.05) is 24.3 Å². The zero-order chi connectivity index (χ0) is 14.9. The molecule has 0 unspecified atom stereocenters. The maximum absolute atomic E-state index is 12.6. The summed E-state index contributed by atoms with van der Waals surface area (Å²) in [6, 6.07) is 8.97. The van der Waals surface area contributed by atoms with Gasteiger partial charge in [-0.15, -0.1) is 0 Å². The fourth-order valence-electron chi connectivity index (χ4n) is 2.29. The first kappa shape index (κ1) is 14.4. The molecule has 0 N–H and O–H groups in total. The Labute approximate surface area is 116 Å². The molecule has 0 heterocycles. The lowest BCUT2D eigenvalue weighted by Crippen LogP contribution is -2.04. The van der Waals surface area contributed by atoms with E-state index >= 15 is 0 Å². The molecule has 0 bridgehead atoms. The number of methoxy groups -OCH3 is 1. The third-order valence-electron chi connectivity index (χ3n) is 3.33. The second-order valence-corrected chi connectivity index (χ2v) is 4.66. The van der Waals surface area contributed by atoms with Gasteiger partial charge in [0.05, 0.1) is 12.7 Å². The van der Waals surface area contributed by atoms with Crippen molar-refractivity contribution in [3.05, 3.63) is 53.1 Å². The molecule has 0 aliphatic carbocycles. The van der Waals surface area contributed by atoms with Gasteiger partial charge in [-0.2, -0.15) is 13.2 Å². The monoisotopic (exact) mass is 280 g/mol. The predicted molar refractivity (Wildman–Crippen MR) is 72.9 cm³/mol. The molecule has 20 heavy (non-hydrogen) atoms. The van der Waals surface area contributed by atoms with E-state index in [9.17, 15) is 13.2 Å². The summed E-state index contributed by atoms with van der Waals surface area (Å²) in [5.41, 5.74) is 2.90. The number of hydrogen-bond acceptors (Lipinski definition) is 1. The smallest absolute Gasteiger partial charge is 0.416 e. The number of hydrogen-bond donors (Lipinski definition) is 0. The van der Waals surface area contributed by atoms with Crippen molar-refractivity contribution < 1.29 is 17.9 Å². The van der Waals surface area contributed by atoms with E-state index in [1.807, 2.05) is 26.0 Å². The molecule has 0 amide bonds. The van der Waals surface area contributed by atoms with E-state index in [-0.39, 0.29) is 0 Å². The fourth-order valence-corrected chi connectivity index (χ4v) is 2.29. The van der Waals surface area contributed by atoms with Crippen LogP contribution in [0.2, 0.25) is 0 Å². The topological polar surface area (TPSA) is 9.23 Å². The Morgan fingerprint density at radius 2 is 1.50 bits per heavy atom. The summed E-state index contributed by atoms with van der Waals surface area (Å²) in [6.45, 7) is 3.83. The van der Waals surface area contributed by atoms with Crippen molar-refractivity contribution in [2.24, 2.45) is 0 Å². The van der Waals surface area contributed by atoms with Crippen molar-refractivity contribution in [1.29, 1.82) is 0 Å². The van der Waals surface area contributed by atoms with Crippen molar-refractivity contribution in [2.75, 3.05) is 7.11 Å². The molecule has 2 aromatic rings. The maximum atomic E-state index is 12.6. The van der Waals surface area contributed by atoms with Crippen LogP contribution in [-0.2, 0) is 6.18 Å².